The molecule has 0 spiro atoms. The first-order valence-electron chi connectivity index (χ1n) is 8.57. The number of aryl methyl sites for hydroxylation is 1. The topological polar surface area (TPSA) is 106 Å². The molecule has 0 radical (unpaired) electrons. The van der Waals surface area contributed by atoms with Crippen LogP contribution in [0.5, 0.6) is 0 Å². The monoisotopic (exact) mass is 387 g/mol. The van der Waals surface area contributed by atoms with Crippen molar-refractivity contribution >= 4 is 32.7 Å². The van der Waals surface area contributed by atoms with Crippen LogP contribution in [0.25, 0.3) is 11.0 Å². The molecule has 1 amide bonds. The maximum Gasteiger partial charge on any atom is 0.255 e. The van der Waals surface area contributed by atoms with Crippen molar-refractivity contribution < 1.29 is 13.2 Å². The van der Waals surface area contributed by atoms with Crippen molar-refractivity contribution in [1.29, 1.82) is 0 Å². The van der Waals surface area contributed by atoms with Crippen molar-refractivity contribution in [3.8, 4) is 0 Å². The normalized spacial score (nSPS) is 11.9. The molecule has 142 valence electrons. The van der Waals surface area contributed by atoms with E-state index in [1.54, 1.807) is 48.9 Å². The Bertz CT molecular complexity index is 1070. The molecule has 0 saturated carbocycles. The van der Waals surface area contributed by atoms with Gasteiger partial charge in [-0.05, 0) is 63.2 Å². The summed E-state index contributed by atoms with van der Waals surface area (Å²) in [7, 11) is -3.56. The van der Waals surface area contributed by atoms with E-state index in [1.807, 2.05) is 6.92 Å². The highest BCUT2D eigenvalue weighted by molar-refractivity contribution is 7.89. The quantitative estimate of drug-likeness (QED) is 0.675. The Morgan fingerprint density at radius 1 is 1.15 bits per heavy atom. The van der Waals surface area contributed by atoms with E-state index >= 15 is 0 Å². The van der Waals surface area contributed by atoms with E-state index in [-0.39, 0.29) is 16.8 Å². The van der Waals surface area contributed by atoms with Gasteiger partial charge in [-0.3, -0.25) is 4.79 Å². The lowest BCUT2D eigenvalue weighted by Gasteiger charge is -2.10. The summed E-state index contributed by atoms with van der Waals surface area (Å²) >= 11 is 0. The molecule has 0 saturated heterocycles. The lowest BCUT2D eigenvalue weighted by Crippen LogP contribution is -2.30. The molecular weight excluding hydrogens is 366 g/mol. The predicted molar refractivity (Wildman–Crippen MR) is 103 cm³/mol. The van der Waals surface area contributed by atoms with Crippen LogP contribution in [0.1, 0.15) is 31.1 Å². The second kappa shape index (κ2) is 7.45. The SMILES string of the molecule is CCn1nnc2cc(C(=O)Nc3ccc(S(=O)(=O)NC(C)C)cc3)ccc21. The fraction of sp³-hybridized carbons (Fsp3) is 0.278. The minimum Gasteiger partial charge on any atom is -0.322 e. The number of carbonyl (C=O) groups is 1. The van der Waals surface area contributed by atoms with Gasteiger partial charge in [-0.2, -0.15) is 0 Å². The number of fused-ring (bicyclic) bond motifs is 1. The molecule has 2 aromatic carbocycles. The molecule has 8 nitrogen and oxygen atoms in total. The van der Waals surface area contributed by atoms with Gasteiger partial charge in [0.1, 0.15) is 5.52 Å². The van der Waals surface area contributed by atoms with Gasteiger partial charge in [-0.1, -0.05) is 5.21 Å². The molecule has 0 aliphatic rings. The summed E-state index contributed by atoms with van der Waals surface area (Å²) in [5.74, 6) is -0.307. The fourth-order valence-electron chi connectivity index (χ4n) is 2.65. The van der Waals surface area contributed by atoms with E-state index in [2.05, 4.69) is 20.4 Å². The zero-order chi connectivity index (χ0) is 19.6. The highest BCUT2D eigenvalue weighted by Crippen LogP contribution is 2.17. The highest BCUT2D eigenvalue weighted by Gasteiger charge is 2.15. The molecule has 0 atom stereocenters. The first-order chi connectivity index (χ1) is 12.8. The smallest absolute Gasteiger partial charge is 0.255 e. The first-order valence-corrected chi connectivity index (χ1v) is 10.1. The van der Waals surface area contributed by atoms with E-state index in [1.165, 1.54) is 12.1 Å². The number of benzene rings is 2. The van der Waals surface area contributed by atoms with Gasteiger partial charge in [0.05, 0.1) is 10.4 Å². The third-order valence-electron chi connectivity index (χ3n) is 3.89. The number of sulfonamides is 1. The Labute approximate surface area is 157 Å². The minimum atomic E-state index is -3.56. The van der Waals surface area contributed by atoms with Gasteiger partial charge in [0, 0.05) is 23.8 Å². The molecule has 9 heteroatoms. The summed E-state index contributed by atoms with van der Waals surface area (Å²) in [6.45, 7) is 6.17. The molecule has 0 aliphatic heterocycles. The van der Waals surface area contributed by atoms with Crippen LogP contribution >= 0.6 is 0 Å². The Morgan fingerprint density at radius 3 is 2.48 bits per heavy atom. The molecule has 1 aromatic heterocycles. The zero-order valence-electron chi connectivity index (χ0n) is 15.3. The second-order valence-corrected chi connectivity index (χ2v) is 8.08. The molecule has 3 aromatic rings. The maximum absolute atomic E-state index is 12.5. The molecular formula is C18H21N5O3S. The molecule has 0 fully saturated rings. The standard InChI is InChI=1S/C18H21N5O3S/c1-4-23-17-10-5-13(11-16(17)20-22-23)18(24)19-14-6-8-15(9-7-14)27(25,26)21-12(2)3/h5-12,21H,4H2,1-3H3,(H,19,24). The van der Waals surface area contributed by atoms with Crippen LogP contribution in [0.4, 0.5) is 5.69 Å². The van der Waals surface area contributed by atoms with Crippen molar-refractivity contribution in [3.63, 3.8) is 0 Å². The summed E-state index contributed by atoms with van der Waals surface area (Å²) in [5.41, 5.74) is 2.46. The van der Waals surface area contributed by atoms with Crippen LogP contribution in [0.2, 0.25) is 0 Å². The summed E-state index contributed by atoms with van der Waals surface area (Å²) < 4.78 is 28.5. The summed E-state index contributed by atoms with van der Waals surface area (Å²) in [6, 6.07) is 11.0. The number of hydrogen-bond acceptors (Lipinski definition) is 5. The van der Waals surface area contributed by atoms with Crippen LogP contribution < -0.4 is 10.0 Å². The molecule has 27 heavy (non-hydrogen) atoms. The Kier molecular flexibility index (Phi) is 5.24. The Morgan fingerprint density at radius 2 is 1.85 bits per heavy atom. The number of aromatic nitrogens is 3. The van der Waals surface area contributed by atoms with Gasteiger partial charge in [0.25, 0.3) is 5.91 Å². The van der Waals surface area contributed by atoms with Crippen LogP contribution in [0, 0.1) is 0 Å². The van der Waals surface area contributed by atoms with Gasteiger partial charge in [-0.15, -0.1) is 5.10 Å². The van der Waals surface area contributed by atoms with Gasteiger partial charge >= 0.3 is 0 Å². The van der Waals surface area contributed by atoms with Crippen LogP contribution in [-0.4, -0.2) is 35.4 Å². The van der Waals surface area contributed by atoms with E-state index in [4.69, 9.17) is 0 Å². The third kappa shape index (κ3) is 4.15. The van der Waals surface area contributed by atoms with Crippen molar-refractivity contribution in [2.45, 2.75) is 38.3 Å². The number of hydrogen-bond donors (Lipinski definition) is 2. The van der Waals surface area contributed by atoms with Gasteiger partial charge in [0.2, 0.25) is 10.0 Å². The molecule has 2 N–H and O–H groups in total. The lowest BCUT2D eigenvalue weighted by molar-refractivity contribution is 0.102. The van der Waals surface area contributed by atoms with Crippen molar-refractivity contribution in [1.82, 2.24) is 19.7 Å². The average molecular weight is 387 g/mol. The number of anilines is 1. The number of nitrogens with one attached hydrogen (secondary N) is 2. The average Bonchev–Trinajstić information content (AvgIpc) is 3.03. The van der Waals surface area contributed by atoms with E-state index in [9.17, 15) is 13.2 Å². The number of amides is 1. The third-order valence-corrected chi connectivity index (χ3v) is 5.56. The maximum atomic E-state index is 12.5. The van der Waals surface area contributed by atoms with E-state index < -0.39 is 10.0 Å². The highest BCUT2D eigenvalue weighted by atomic mass is 32.2. The molecule has 3 rings (SSSR count). The van der Waals surface area contributed by atoms with Gasteiger partial charge < -0.3 is 5.32 Å². The van der Waals surface area contributed by atoms with Crippen molar-refractivity contribution in [3.05, 3.63) is 48.0 Å². The number of nitrogens with zero attached hydrogens (tertiary/aromatic N) is 3. The predicted octanol–water partition coefficient (Wildman–Crippen LogP) is 2.39. The second-order valence-electron chi connectivity index (χ2n) is 6.36. The molecule has 0 aliphatic carbocycles. The van der Waals surface area contributed by atoms with Crippen molar-refractivity contribution in [2.75, 3.05) is 5.32 Å². The van der Waals surface area contributed by atoms with E-state index in [0.29, 0.717) is 23.3 Å². The largest absolute Gasteiger partial charge is 0.322 e. The van der Waals surface area contributed by atoms with E-state index in [0.717, 1.165) is 5.52 Å². The number of rotatable bonds is 6. The summed E-state index contributed by atoms with van der Waals surface area (Å²) in [4.78, 5) is 12.6. The minimum absolute atomic E-state index is 0.145. The van der Waals surface area contributed by atoms with Crippen LogP contribution in [-0.2, 0) is 16.6 Å². The van der Waals surface area contributed by atoms with Gasteiger partial charge in [0.15, 0.2) is 0 Å². The fourth-order valence-corrected chi connectivity index (χ4v) is 3.90. The first kappa shape index (κ1) is 19.0. The molecule has 1 heterocycles. The Balaban J connectivity index is 1.76. The van der Waals surface area contributed by atoms with Crippen LogP contribution in [0.15, 0.2) is 47.4 Å². The van der Waals surface area contributed by atoms with Crippen molar-refractivity contribution in [2.24, 2.45) is 0 Å². The molecule has 0 unspecified atom stereocenters. The van der Waals surface area contributed by atoms with Crippen LogP contribution in [0.3, 0.4) is 0 Å². The molecule has 0 bridgehead atoms. The lowest BCUT2D eigenvalue weighted by atomic mass is 10.2. The Hall–Kier alpha value is -2.78. The zero-order valence-corrected chi connectivity index (χ0v) is 16.1. The summed E-state index contributed by atoms with van der Waals surface area (Å²) in [5, 5.41) is 10.8. The summed E-state index contributed by atoms with van der Waals surface area (Å²) in [6.07, 6.45) is 0. The number of carbonyl (C=O) groups excluding carboxylic acids is 1. The van der Waals surface area contributed by atoms with Gasteiger partial charge in [-0.25, -0.2) is 17.8 Å².